The van der Waals surface area contributed by atoms with Crippen LogP contribution in [-0.4, -0.2) is 51.9 Å². The molecular formula is C23H31IN4O3S. The number of hydrogen-bond acceptors (Lipinski definition) is 4. The van der Waals surface area contributed by atoms with Crippen molar-refractivity contribution in [2.75, 3.05) is 32.5 Å². The number of aryl methyl sites for hydroxylation is 1. The zero-order valence-electron chi connectivity index (χ0n) is 18.6. The smallest absolute Gasteiger partial charge is 0.191 e. The molecule has 0 aliphatic rings. The fourth-order valence-electron chi connectivity index (χ4n) is 3.40. The van der Waals surface area contributed by atoms with Crippen LogP contribution in [0.1, 0.15) is 18.1 Å². The largest absolute Gasteiger partial charge is 0.492 e. The summed E-state index contributed by atoms with van der Waals surface area (Å²) in [5.41, 5.74) is 3.70. The van der Waals surface area contributed by atoms with E-state index in [0.29, 0.717) is 25.4 Å². The minimum Gasteiger partial charge on any atom is -0.492 e. The van der Waals surface area contributed by atoms with Crippen LogP contribution >= 0.6 is 24.0 Å². The molecule has 2 aromatic carbocycles. The van der Waals surface area contributed by atoms with E-state index in [1.54, 1.807) is 24.3 Å². The summed E-state index contributed by atoms with van der Waals surface area (Å²) in [4.78, 5) is 8.28. The minimum absolute atomic E-state index is 0. The molecule has 0 unspecified atom stereocenters. The highest BCUT2D eigenvalue weighted by Gasteiger charge is 2.07. The predicted molar refractivity (Wildman–Crippen MR) is 141 cm³/mol. The monoisotopic (exact) mass is 570 g/mol. The maximum absolute atomic E-state index is 11.5. The van der Waals surface area contributed by atoms with Gasteiger partial charge in [0.2, 0.25) is 0 Å². The molecule has 0 saturated carbocycles. The Morgan fingerprint density at radius 3 is 2.56 bits per heavy atom. The summed E-state index contributed by atoms with van der Waals surface area (Å²) in [6, 6.07) is 12.7. The van der Waals surface area contributed by atoms with Crippen molar-refractivity contribution in [1.82, 2.24) is 15.6 Å². The van der Waals surface area contributed by atoms with Crippen molar-refractivity contribution in [3.05, 3.63) is 59.8 Å². The molecule has 0 spiro atoms. The molecule has 3 rings (SSSR count). The van der Waals surface area contributed by atoms with Gasteiger partial charge < -0.3 is 20.4 Å². The normalized spacial score (nSPS) is 11.8. The third-order valence-corrected chi connectivity index (χ3v) is 6.03. The van der Waals surface area contributed by atoms with Gasteiger partial charge in [0.15, 0.2) is 15.8 Å². The number of ether oxygens (including phenoxy) is 1. The molecule has 1 heterocycles. The molecule has 0 fully saturated rings. The molecule has 0 atom stereocenters. The molecule has 174 valence electrons. The van der Waals surface area contributed by atoms with Crippen LogP contribution in [-0.2, 0) is 16.3 Å². The highest BCUT2D eigenvalue weighted by molar-refractivity contribution is 14.0. The first-order valence-electron chi connectivity index (χ1n) is 10.4. The number of nitrogens with one attached hydrogen (secondary N) is 3. The molecule has 1 aromatic heterocycles. The van der Waals surface area contributed by atoms with Gasteiger partial charge in [-0.15, -0.1) is 24.0 Å². The van der Waals surface area contributed by atoms with Crippen LogP contribution < -0.4 is 15.4 Å². The minimum atomic E-state index is -3.20. The maximum Gasteiger partial charge on any atom is 0.191 e. The number of aliphatic imine (C=N–C) groups is 1. The highest BCUT2D eigenvalue weighted by Crippen LogP contribution is 2.22. The lowest BCUT2D eigenvalue weighted by Crippen LogP contribution is -2.39. The molecule has 9 heteroatoms. The van der Waals surface area contributed by atoms with Gasteiger partial charge in [-0.05, 0) is 61.7 Å². The summed E-state index contributed by atoms with van der Waals surface area (Å²) in [6.45, 7) is 6.61. The molecule has 0 aliphatic heterocycles. The number of nitrogens with zero attached hydrogens (tertiary/aromatic N) is 1. The number of fused-ring (bicyclic) bond motifs is 1. The van der Waals surface area contributed by atoms with Gasteiger partial charge in [0.05, 0.1) is 11.4 Å². The van der Waals surface area contributed by atoms with E-state index < -0.39 is 9.84 Å². The van der Waals surface area contributed by atoms with E-state index in [1.165, 1.54) is 22.8 Å². The third kappa shape index (κ3) is 7.13. The fourth-order valence-corrected chi connectivity index (χ4v) is 4.03. The molecule has 0 radical (unpaired) electrons. The summed E-state index contributed by atoms with van der Waals surface area (Å²) >= 11 is 0. The quantitative estimate of drug-likeness (QED) is 0.158. The molecule has 0 saturated heterocycles. The second-order valence-corrected chi connectivity index (χ2v) is 9.36. The van der Waals surface area contributed by atoms with E-state index >= 15 is 0 Å². The topological polar surface area (TPSA) is 95.6 Å². The van der Waals surface area contributed by atoms with Crippen LogP contribution in [0.15, 0.2) is 58.5 Å². The van der Waals surface area contributed by atoms with Gasteiger partial charge in [-0.2, -0.15) is 0 Å². The maximum atomic E-state index is 11.5. The SMILES string of the molecule is CCNC(=NCCc1c[nH]c2cccc(C)c12)NCCOc1ccc(S(C)(=O)=O)cc1.I. The van der Waals surface area contributed by atoms with E-state index in [9.17, 15) is 8.42 Å². The van der Waals surface area contributed by atoms with Crippen molar-refractivity contribution in [2.45, 2.75) is 25.2 Å². The molecule has 0 amide bonds. The Morgan fingerprint density at radius 2 is 1.88 bits per heavy atom. The zero-order valence-corrected chi connectivity index (χ0v) is 21.8. The average Bonchev–Trinajstić information content (AvgIpc) is 3.15. The Bertz CT molecular complexity index is 1140. The number of aromatic nitrogens is 1. The predicted octanol–water partition coefficient (Wildman–Crippen LogP) is 3.67. The van der Waals surface area contributed by atoms with Crippen molar-refractivity contribution in [1.29, 1.82) is 0 Å². The van der Waals surface area contributed by atoms with Gasteiger partial charge in [0, 0.05) is 36.4 Å². The molecule has 3 aromatic rings. The molecule has 32 heavy (non-hydrogen) atoms. The van der Waals surface area contributed by atoms with Gasteiger partial charge >= 0.3 is 0 Å². The van der Waals surface area contributed by atoms with Crippen LogP contribution in [0, 0.1) is 6.92 Å². The highest BCUT2D eigenvalue weighted by atomic mass is 127. The summed E-state index contributed by atoms with van der Waals surface area (Å²) < 4.78 is 28.7. The van der Waals surface area contributed by atoms with Crippen molar-refractivity contribution in [3.8, 4) is 5.75 Å². The molecule has 7 nitrogen and oxygen atoms in total. The van der Waals surface area contributed by atoms with Gasteiger partial charge in [0.1, 0.15) is 12.4 Å². The van der Waals surface area contributed by atoms with E-state index in [0.717, 1.165) is 24.4 Å². The van der Waals surface area contributed by atoms with E-state index in [4.69, 9.17) is 4.74 Å². The first kappa shape index (κ1) is 26.0. The third-order valence-electron chi connectivity index (χ3n) is 4.91. The molecular weight excluding hydrogens is 539 g/mol. The Labute approximate surface area is 207 Å². The average molecular weight is 570 g/mol. The van der Waals surface area contributed by atoms with Crippen LogP contribution in [0.3, 0.4) is 0 Å². The van der Waals surface area contributed by atoms with Crippen LogP contribution in [0.2, 0.25) is 0 Å². The Hall–Kier alpha value is -2.27. The lowest BCUT2D eigenvalue weighted by Gasteiger charge is -2.12. The van der Waals surface area contributed by atoms with Crippen LogP contribution in [0.4, 0.5) is 0 Å². The Morgan fingerprint density at radius 1 is 1.12 bits per heavy atom. The first-order valence-corrected chi connectivity index (χ1v) is 12.3. The standard InChI is InChI=1S/C23H30N4O3S.HI/c1-4-24-23(25-13-12-18-16-27-21-7-5-6-17(2)22(18)21)26-14-15-30-19-8-10-20(11-9-19)31(3,28)29;/h5-11,16,27H,4,12-15H2,1-3H3,(H2,24,25,26);1H. The second-order valence-electron chi connectivity index (χ2n) is 7.34. The number of halogens is 1. The van der Waals surface area contributed by atoms with Crippen molar-refractivity contribution >= 4 is 50.7 Å². The van der Waals surface area contributed by atoms with Gasteiger partial charge in [-0.3, -0.25) is 4.99 Å². The van der Waals surface area contributed by atoms with Gasteiger partial charge in [-0.1, -0.05) is 12.1 Å². The van der Waals surface area contributed by atoms with Crippen LogP contribution in [0.5, 0.6) is 5.75 Å². The lowest BCUT2D eigenvalue weighted by atomic mass is 10.1. The molecule has 0 aliphatic carbocycles. The van der Waals surface area contributed by atoms with E-state index in [1.807, 2.05) is 6.92 Å². The molecule has 3 N–H and O–H groups in total. The zero-order chi connectivity index (χ0) is 22.3. The van der Waals surface area contributed by atoms with Crippen molar-refractivity contribution in [2.24, 2.45) is 4.99 Å². The number of hydrogen-bond donors (Lipinski definition) is 3. The number of H-pyrrole nitrogens is 1. The second kappa shape index (κ2) is 12.1. The number of guanidine groups is 1. The van der Waals surface area contributed by atoms with E-state index in [2.05, 4.69) is 51.9 Å². The number of aromatic amines is 1. The fraction of sp³-hybridized carbons (Fsp3) is 0.348. The van der Waals surface area contributed by atoms with Gasteiger partial charge in [0.25, 0.3) is 0 Å². The summed E-state index contributed by atoms with van der Waals surface area (Å²) in [6.07, 6.45) is 4.11. The van der Waals surface area contributed by atoms with Crippen LogP contribution in [0.25, 0.3) is 10.9 Å². The number of sulfone groups is 1. The summed E-state index contributed by atoms with van der Waals surface area (Å²) in [5, 5.41) is 7.79. The summed E-state index contributed by atoms with van der Waals surface area (Å²) in [5.74, 6) is 1.38. The Balaban J connectivity index is 0.00000363. The lowest BCUT2D eigenvalue weighted by molar-refractivity contribution is 0.321. The van der Waals surface area contributed by atoms with E-state index in [-0.39, 0.29) is 28.9 Å². The first-order chi connectivity index (χ1) is 14.9. The number of rotatable bonds is 9. The molecule has 0 bridgehead atoms. The van der Waals surface area contributed by atoms with Gasteiger partial charge in [-0.25, -0.2) is 8.42 Å². The van der Waals surface area contributed by atoms with Crippen molar-refractivity contribution < 1.29 is 13.2 Å². The number of benzene rings is 2. The Kier molecular flexibility index (Phi) is 9.83. The van der Waals surface area contributed by atoms with Crippen molar-refractivity contribution in [3.63, 3.8) is 0 Å². The summed E-state index contributed by atoms with van der Waals surface area (Å²) in [7, 11) is -3.20.